The Morgan fingerprint density at radius 1 is 1.20 bits per heavy atom. The van der Waals surface area contributed by atoms with Crippen molar-refractivity contribution in [3.8, 4) is 16.3 Å². The Morgan fingerprint density at radius 2 is 2.00 bits per heavy atom. The molecule has 6 heteroatoms. The highest BCUT2D eigenvalue weighted by molar-refractivity contribution is 7.13. The van der Waals surface area contributed by atoms with E-state index in [0.29, 0.717) is 16.8 Å². The summed E-state index contributed by atoms with van der Waals surface area (Å²) in [4.78, 5) is 27.1. The van der Waals surface area contributed by atoms with Crippen molar-refractivity contribution in [2.24, 2.45) is 0 Å². The third kappa shape index (κ3) is 4.10. The number of ether oxygens (including phenoxy) is 2. The highest BCUT2D eigenvalue weighted by Gasteiger charge is 2.10. The molecule has 0 saturated carbocycles. The number of hydrogen-bond donors (Lipinski definition) is 0. The monoisotopic (exact) mass is 353 g/mol. The standard InChI is InChI=1S/C19H15NO4S/c1-23-17-4-2-3-15(9-17)18-20-16(12-25-18)11-24-19(22)14-7-5-13(10-21)6-8-14/h2-10,12H,11H2,1H3. The molecule has 1 heterocycles. The molecule has 0 amide bonds. The minimum absolute atomic E-state index is 0.0920. The van der Waals surface area contributed by atoms with Crippen molar-refractivity contribution in [2.75, 3.05) is 7.11 Å². The molecule has 0 radical (unpaired) electrons. The number of methoxy groups -OCH3 is 1. The highest BCUT2D eigenvalue weighted by atomic mass is 32.1. The molecular formula is C19H15NO4S. The summed E-state index contributed by atoms with van der Waals surface area (Å²) in [5.41, 5.74) is 2.54. The Kier molecular flexibility index (Phi) is 5.20. The Hall–Kier alpha value is -2.99. The van der Waals surface area contributed by atoms with Gasteiger partial charge in [-0.2, -0.15) is 0 Å². The highest BCUT2D eigenvalue weighted by Crippen LogP contribution is 2.27. The van der Waals surface area contributed by atoms with Crippen LogP contribution < -0.4 is 4.74 Å². The average molecular weight is 353 g/mol. The molecule has 0 atom stereocenters. The molecule has 0 N–H and O–H groups in total. The van der Waals surface area contributed by atoms with Crippen molar-refractivity contribution in [1.29, 1.82) is 0 Å². The second-order valence-electron chi connectivity index (χ2n) is 5.19. The van der Waals surface area contributed by atoms with Crippen molar-refractivity contribution in [2.45, 2.75) is 6.61 Å². The smallest absolute Gasteiger partial charge is 0.338 e. The molecule has 0 aliphatic heterocycles. The fourth-order valence-electron chi connectivity index (χ4n) is 2.18. The van der Waals surface area contributed by atoms with Gasteiger partial charge in [0, 0.05) is 16.5 Å². The number of benzene rings is 2. The molecule has 0 fully saturated rings. The van der Waals surface area contributed by atoms with Crippen LogP contribution in [0, 0.1) is 0 Å². The summed E-state index contributed by atoms with van der Waals surface area (Å²) in [5.74, 6) is 0.313. The lowest BCUT2D eigenvalue weighted by Gasteiger charge is -2.03. The van der Waals surface area contributed by atoms with Crippen LogP contribution in [-0.2, 0) is 11.3 Å². The molecule has 3 aromatic rings. The second-order valence-corrected chi connectivity index (χ2v) is 6.05. The van der Waals surface area contributed by atoms with E-state index < -0.39 is 5.97 Å². The first-order valence-electron chi connectivity index (χ1n) is 7.51. The molecule has 2 aromatic carbocycles. The zero-order valence-electron chi connectivity index (χ0n) is 13.5. The van der Waals surface area contributed by atoms with Crippen LogP contribution in [0.2, 0.25) is 0 Å². The Labute approximate surface area is 148 Å². The van der Waals surface area contributed by atoms with Gasteiger partial charge in [0.15, 0.2) is 0 Å². The van der Waals surface area contributed by atoms with Gasteiger partial charge in [-0.05, 0) is 24.3 Å². The van der Waals surface area contributed by atoms with E-state index in [2.05, 4.69) is 4.98 Å². The van der Waals surface area contributed by atoms with Crippen LogP contribution in [0.4, 0.5) is 0 Å². The van der Waals surface area contributed by atoms with Gasteiger partial charge in [-0.3, -0.25) is 4.79 Å². The van der Waals surface area contributed by atoms with Crippen LogP contribution in [-0.4, -0.2) is 24.3 Å². The molecule has 0 saturated heterocycles. The van der Waals surface area contributed by atoms with Crippen LogP contribution in [0.15, 0.2) is 53.9 Å². The predicted molar refractivity (Wildman–Crippen MR) is 95.1 cm³/mol. The van der Waals surface area contributed by atoms with E-state index in [1.165, 1.54) is 11.3 Å². The van der Waals surface area contributed by atoms with Crippen molar-refractivity contribution in [1.82, 2.24) is 4.98 Å². The molecule has 0 bridgehead atoms. The summed E-state index contributed by atoms with van der Waals surface area (Å²) in [5, 5.41) is 2.69. The SMILES string of the molecule is COc1cccc(-c2nc(COC(=O)c3ccc(C=O)cc3)cs2)c1. The van der Waals surface area contributed by atoms with E-state index in [4.69, 9.17) is 9.47 Å². The third-order valence-electron chi connectivity index (χ3n) is 3.50. The minimum Gasteiger partial charge on any atom is -0.497 e. The molecule has 0 spiro atoms. The molecule has 3 rings (SSSR count). The maximum absolute atomic E-state index is 12.0. The number of thiazole rings is 1. The average Bonchev–Trinajstić information content (AvgIpc) is 3.15. The number of esters is 1. The zero-order valence-corrected chi connectivity index (χ0v) is 14.3. The first kappa shape index (κ1) is 16.9. The number of carbonyl (C=O) groups excluding carboxylic acids is 2. The van der Waals surface area contributed by atoms with Gasteiger partial charge in [-0.25, -0.2) is 9.78 Å². The van der Waals surface area contributed by atoms with Gasteiger partial charge in [0.25, 0.3) is 0 Å². The van der Waals surface area contributed by atoms with Gasteiger partial charge in [0.1, 0.15) is 23.7 Å². The van der Waals surface area contributed by atoms with E-state index in [1.807, 2.05) is 29.6 Å². The molecule has 0 aliphatic carbocycles. The minimum atomic E-state index is -0.451. The quantitative estimate of drug-likeness (QED) is 0.495. The van der Waals surface area contributed by atoms with Crippen molar-refractivity contribution in [3.05, 3.63) is 70.7 Å². The number of aldehydes is 1. The Balaban J connectivity index is 1.64. The third-order valence-corrected chi connectivity index (χ3v) is 4.44. The first-order valence-corrected chi connectivity index (χ1v) is 8.39. The second kappa shape index (κ2) is 7.72. The molecule has 25 heavy (non-hydrogen) atoms. The summed E-state index contributed by atoms with van der Waals surface area (Å²) in [7, 11) is 1.62. The van der Waals surface area contributed by atoms with Gasteiger partial charge in [0.2, 0.25) is 0 Å². The van der Waals surface area contributed by atoms with Crippen molar-refractivity contribution < 1.29 is 19.1 Å². The van der Waals surface area contributed by atoms with Crippen LogP contribution in [0.5, 0.6) is 5.75 Å². The van der Waals surface area contributed by atoms with Crippen molar-refractivity contribution in [3.63, 3.8) is 0 Å². The van der Waals surface area contributed by atoms with E-state index in [0.717, 1.165) is 22.6 Å². The predicted octanol–water partition coefficient (Wildman–Crippen LogP) is 3.99. The summed E-state index contributed by atoms with van der Waals surface area (Å²) in [6, 6.07) is 13.9. The van der Waals surface area contributed by atoms with Crippen LogP contribution in [0.3, 0.4) is 0 Å². The molecule has 126 valence electrons. The molecule has 0 unspecified atom stereocenters. The van der Waals surface area contributed by atoms with Gasteiger partial charge >= 0.3 is 5.97 Å². The lowest BCUT2D eigenvalue weighted by molar-refractivity contribution is 0.0468. The van der Waals surface area contributed by atoms with Crippen LogP contribution in [0.1, 0.15) is 26.4 Å². The number of carbonyl (C=O) groups is 2. The molecule has 1 aromatic heterocycles. The van der Waals surface area contributed by atoms with E-state index in [1.54, 1.807) is 31.4 Å². The van der Waals surface area contributed by atoms with Gasteiger partial charge in [-0.1, -0.05) is 24.3 Å². The number of hydrogen-bond acceptors (Lipinski definition) is 6. The summed E-state index contributed by atoms with van der Waals surface area (Å²) in [6.07, 6.45) is 0.727. The van der Waals surface area contributed by atoms with E-state index >= 15 is 0 Å². The van der Waals surface area contributed by atoms with Gasteiger partial charge < -0.3 is 9.47 Å². The lowest BCUT2D eigenvalue weighted by atomic mass is 10.1. The molecule has 5 nitrogen and oxygen atoms in total. The normalized spacial score (nSPS) is 10.3. The Morgan fingerprint density at radius 3 is 2.72 bits per heavy atom. The first-order chi connectivity index (χ1) is 12.2. The summed E-state index contributed by atoms with van der Waals surface area (Å²) < 4.78 is 10.5. The molecule has 0 aliphatic rings. The Bertz CT molecular complexity index is 886. The maximum Gasteiger partial charge on any atom is 0.338 e. The van der Waals surface area contributed by atoms with Crippen LogP contribution in [0.25, 0.3) is 10.6 Å². The zero-order chi connectivity index (χ0) is 17.6. The van der Waals surface area contributed by atoms with Crippen LogP contribution >= 0.6 is 11.3 Å². The fraction of sp³-hybridized carbons (Fsp3) is 0.105. The van der Waals surface area contributed by atoms with Gasteiger partial charge in [0.05, 0.1) is 18.4 Å². The number of rotatable bonds is 6. The lowest BCUT2D eigenvalue weighted by Crippen LogP contribution is -2.05. The van der Waals surface area contributed by atoms with Gasteiger partial charge in [-0.15, -0.1) is 11.3 Å². The number of aromatic nitrogens is 1. The topological polar surface area (TPSA) is 65.5 Å². The fourth-order valence-corrected chi connectivity index (χ4v) is 2.98. The number of nitrogens with zero attached hydrogens (tertiary/aromatic N) is 1. The maximum atomic E-state index is 12.0. The molecular weight excluding hydrogens is 338 g/mol. The summed E-state index contributed by atoms with van der Waals surface area (Å²) in [6.45, 7) is 0.0920. The van der Waals surface area contributed by atoms with E-state index in [9.17, 15) is 9.59 Å². The largest absolute Gasteiger partial charge is 0.497 e. The van der Waals surface area contributed by atoms with Crippen molar-refractivity contribution >= 4 is 23.6 Å². The van der Waals surface area contributed by atoms with E-state index in [-0.39, 0.29) is 6.61 Å². The summed E-state index contributed by atoms with van der Waals surface area (Å²) >= 11 is 1.48.